The molecule has 0 nitrogen and oxygen atoms in total. The van der Waals surface area contributed by atoms with E-state index in [4.69, 9.17) is 0 Å². The summed E-state index contributed by atoms with van der Waals surface area (Å²) in [5, 5.41) is 0. The molecule has 0 spiro atoms. The highest BCUT2D eigenvalue weighted by atomic mass is 79.9. The van der Waals surface area contributed by atoms with Crippen LogP contribution in [0.5, 0.6) is 0 Å². The molecule has 0 aliphatic heterocycles. The third-order valence-electron chi connectivity index (χ3n) is 2.66. The molecule has 2 rings (SSSR count). The van der Waals surface area contributed by atoms with Crippen molar-refractivity contribution in [2.75, 3.05) is 0 Å². The number of alkyl halides is 1. The lowest BCUT2D eigenvalue weighted by Crippen LogP contribution is -2.08. The average molecular weight is 324 g/mol. The van der Waals surface area contributed by atoms with Crippen LogP contribution in [0.4, 0.5) is 0 Å². The largest absolute Gasteiger partial charge is 0.133 e. The van der Waals surface area contributed by atoms with Crippen LogP contribution in [-0.2, 0) is 6.42 Å². The fourth-order valence-electron chi connectivity index (χ4n) is 1.94. The summed E-state index contributed by atoms with van der Waals surface area (Å²) >= 11 is 9.14. The molecule has 0 bridgehead atoms. The average Bonchev–Trinajstić information content (AvgIpc) is 2.64. The lowest BCUT2D eigenvalue weighted by atomic mass is 10.0. The molecule has 0 saturated heterocycles. The van der Waals surface area contributed by atoms with Gasteiger partial charge in [-0.2, -0.15) is 0 Å². The second-order valence-corrected chi connectivity index (χ2v) is 7.34. The summed E-state index contributed by atoms with van der Waals surface area (Å²) in [6.45, 7) is 0. The first-order chi connectivity index (χ1) is 6.25. The summed E-state index contributed by atoms with van der Waals surface area (Å²) in [7, 11) is 0. The van der Waals surface area contributed by atoms with Crippen LogP contribution in [0.25, 0.3) is 0 Å². The Balaban J connectivity index is 1.97. The van der Waals surface area contributed by atoms with Crippen molar-refractivity contribution in [1.82, 2.24) is 0 Å². The molecule has 13 heavy (non-hydrogen) atoms. The molecule has 0 amide bonds. The number of thiophene rings is 1. The van der Waals surface area contributed by atoms with E-state index in [1.54, 1.807) is 0 Å². The van der Waals surface area contributed by atoms with Crippen molar-refractivity contribution in [2.24, 2.45) is 5.92 Å². The van der Waals surface area contributed by atoms with Crippen molar-refractivity contribution < 1.29 is 0 Å². The minimum Gasteiger partial charge on any atom is -0.133 e. The first kappa shape index (κ1) is 10.2. The van der Waals surface area contributed by atoms with Crippen LogP contribution in [0.15, 0.2) is 15.9 Å². The fourth-order valence-corrected chi connectivity index (χ4v) is 4.29. The maximum atomic E-state index is 3.76. The van der Waals surface area contributed by atoms with Crippen molar-refractivity contribution in [3.63, 3.8) is 0 Å². The van der Waals surface area contributed by atoms with Crippen molar-refractivity contribution in [3.8, 4) is 0 Å². The summed E-state index contributed by atoms with van der Waals surface area (Å²) in [6.07, 6.45) is 5.40. The van der Waals surface area contributed by atoms with Gasteiger partial charge in [0.15, 0.2) is 0 Å². The van der Waals surface area contributed by atoms with E-state index in [2.05, 4.69) is 44.0 Å². The summed E-state index contributed by atoms with van der Waals surface area (Å²) in [6, 6.07) is 4.39. The monoisotopic (exact) mass is 322 g/mol. The van der Waals surface area contributed by atoms with Gasteiger partial charge in [0.2, 0.25) is 0 Å². The van der Waals surface area contributed by atoms with E-state index in [1.165, 1.54) is 34.3 Å². The molecule has 1 aromatic heterocycles. The van der Waals surface area contributed by atoms with Crippen LogP contribution in [0.1, 0.15) is 24.1 Å². The number of hydrogen-bond acceptors (Lipinski definition) is 1. The lowest BCUT2D eigenvalue weighted by molar-refractivity contribution is 0.567. The van der Waals surface area contributed by atoms with Gasteiger partial charge >= 0.3 is 0 Å². The highest BCUT2D eigenvalue weighted by molar-refractivity contribution is 9.11. The molecular formula is C10H12Br2S. The van der Waals surface area contributed by atoms with Crippen LogP contribution < -0.4 is 0 Å². The predicted octanol–water partition coefficient (Wildman–Crippen LogP) is 4.62. The molecule has 1 saturated carbocycles. The van der Waals surface area contributed by atoms with Crippen molar-refractivity contribution in [1.29, 1.82) is 0 Å². The smallest absolute Gasteiger partial charge is 0.0701 e. The van der Waals surface area contributed by atoms with E-state index in [0.29, 0.717) is 0 Å². The normalized spacial score (nSPS) is 28.2. The molecule has 1 aliphatic carbocycles. The van der Waals surface area contributed by atoms with E-state index in [9.17, 15) is 0 Å². The Morgan fingerprint density at radius 2 is 2.23 bits per heavy atom. The third kappa shape index (κ3) is 2.57. The Bertz CT molecular complexity index is 282. The topological polar surface area (TPSA) is 0 Å². The fraction of sp³-hybridized carbons (Fsp3) is 0.600. The van der Waals surface area contributed by atoms with Crippen molar-refractivity contribution >= 4 is 43.2 Å². The zero-order chi connectivity index (χ0) is 9.26. The van der Waals surface area contributed by atoms with Gasteiger partial charge in [-0.25, -0.2) is 0 Å². The summed E-state index contributed by atoms with van der Waals surface area (Å²) < 4.78 is 1.26. The van der Waals surface area contributed by atoms with Crippen LogP contribution in [0.2, 0.25) is 0 Å². The van der Waals surface area contributed by atoms with Gasteiger partial charge in [0.1, 0.15) is 0 Å². The Morgan fingerprint density at radius 1 is 1.38 bits per heavy atom. The predicted molar refractivity (Wildman–Crippen MR) is 65.8 cm³/mol. The Hall–Kier alpha value is 0.660. The Morgan fingerprint density at radius 3 is 2.77 bits per heavy atom. The first-order valence-electron chi connectivity index (χ1n) is 4.64. The molecular weight excluding hydrogens is 312 g/mol. The summed E-state index contributed by atoms with van der Waals surface area (Å²) in [5.41, 5.74) is 0. The maximum Gasteiger partial charge on any atom is 0.0701 e. The molecule has 0 aromatic carbocycles. The molecule has 2 atom stereocenters. The second-order valence-electron chi connectivity index (χ2n) is 3.62. The van der Waals surface area contributed by atoms with E-state index < -0.39 is 0 Å². The molecule has 1 heterocycles. The molecule has 1 aromatic rings. The third-order valence-corrected chi connectivity index (χ3v) is 5.51. The van der Waals surface area contributed by atoms with Gasteiger partial charge in [-0.05, 0) is 53.2 Å². The Kier molecular flexibility index (Phi) is 3.49. The van der Waals surface area contributed by atoms with Gasteiger partial charge in [0.05, 0.1) is 3.79 Å². The molecule has 0 N–H and O–H groups in total. The SMILES string of the molecule is Brc1ccc(CC2CCCC2Br)s1. The van der Waals surface area contributed by atoms with Gasteiger partial charge in [-0.1, -0.05) is 22.4 Å². The number of halogens is 2. The van der Waals surface area contributed by atoms with Gasteiger partial charge in [-0.15, -0.1) is 11.3 Å². The molecule has 2 unspecified atom stereocenters. The van der Waals surface area contributed by atoms with E-state index >= 15 is 0 Å². The second kappa shape index (κ2) is 4.45. The zero-order valence-electron chi connectivity index (χ0n) is 7.30. The van der Waals surface area contributed by atoms with Crippen molar-refractivity contribution in [2.45, 2.75) is 30.5 Å². The zero-order valence-corrected chi connectivity index (χ0v) is 11.3. The molecule has 0 radical (unpaired) electrons. The standard InChI is InChI=1S/C10H12Br2S/c11-9-3-1-2-7(9)6-8-4-5-10(12)13-8/h4-5,7,9H,1-3,6H2. The Labute approximate surface area is 100.0 Å². The highest BCUT2D eigenvalue weighted by Crippen LogP contribution is 2.35. The minimum atomic E-state index is 0.758. The van der Waals surface area contributed by atoms with Crippen LogP contribution in [0, 0.1) is 5.92 Å². The van der Waals surface area contributed by atoms with Crippen LogP contribution in [-0.4, -0.2) is 4.83 Å². The van der Waals surface area contributed by atoms with Gasteiger partial charge in [0.25, 0.3) is 0 Å². The first-order valence-corrected chi connectivity index (χ1v) is 7.16. The molecule has 1 aliphatic rings. The maximum absolute atomic E-state index is 3.76. The van der Waals surface area contributed by atoms with Gasteiger partial charge in [0, 0.05) is 9.70 Å². The van der Waals surface area contributed by atoms with Gasteiger partial charge < -0.3 is 0 Å². The van der Waals surface area contributed by atoms with Gasteiger partial charge in [-0.3, -0.25) is 0 Å². The number of rotatable bonds is 2. The summed E-state index contributed by atoms with van der Waals surface area (Å²) in [4.78, 5) is 2.27. The quantitative estimate of drug-likeness (QED) is 0.697. The molecule has 1 fully saturated rings. The minimum absolute atomic E-state index is 0.758. The highest BCUT2D eigenvalue weighted by Gasteiger charge is 2.25. The van der Waals surface area contributed by atoms with Crippen LogP contribution >= 0.6 is 43.2 Å². The molecule has 3 heteroatoms. The lowest BCUT2D eigenvalue weighted by Gasteiger charge is -2.11. The van der Waals surface area contributed by atoms with E-state index in [0.717, 1.165) is 10.7 Å². The molecule has 72 valence electrons. The summed E-state index contributed by atoms with van der Waals surface area (Å²) in [5.74, 6) is 0.866. The van der Waals surface area contributed by atoms with E-state index in [1.807, 2.05) is 11.3 Å². The number of hydrogen-bond donors (Lipinski definition) is 0. The van der Waals surface area contributed by atoms with Crippen molar-refractivity contribution in [3.05, 3.63) is 20.8 Å². The van der Waals surface area contributed by atoms with E-state index in [-0.39, 0.29) is 0 Å². The van der Waals surface area contributed by atoms with Crippen LogP contribution in [0.3, 0.4) is 0 Å².